The fourth-order valence-corrected chi connectivity index (χ4v) is 2.91. The lowest BCUT2D eigenvalue weighted by molar-refractivity contribution is 0.475. The normalized spacial score (nSPS) is 10.9. The largest absolute Gasteiger partial charge is 0.508 e. The van der Waals surface area contributed by atoms with E-state index < -0.39 is 0 Å². The van der Waals surface area contributed by atoms with E-state index in [1.165, 1.54) is 5.56 Å². The van der Waals surface area contributed by atoms with Crippen molar-refractivity contribution in [3.05, 3.63) is 59.5 Å². The molecule has 22 heavy (non-hydrogen) atoms. The van der Waals surface area contributed by atoms with Crippen LogP contribution in [0.15, 0.2) is 53.9 Å². The minimum absolute atomic E-state index is 0.260. The van der Waals surface area contributed by atoms with Crippen LogP contribution >= 0.6 is 11.3 Å². The third-order valence-corrected chi connectivity index (χ3v) is 4.25. The van der Waals surface area contributed by atoms with Gasteiger partial charge in [-0.15, -0.1) is 11.3 Å². The molecule has 0 radical (unpaired) electrons. The first kappa shape index (κ1) is 14.6. The minimum Gasteiger partial charge on any atom is -0.508 e. The smallest absolute Gasteiger partial charge is 0.187 e. The number of nitrogens with one attached hydrogen (secondary N) is 1. The van der Waals surface area contributed by atoms with E-state index in [1.807, 2.05) is 17.5 Å². The van der Waals surface area contributed by atoms with Crippen LogP contribution in [0.5, 0.6) is 5.75 Å². The van der Waals surface area contributed by atoms with E-state index in [1.54, 1.807) is 23.5 Å². The molecule has 1 heterocycles. The molecule has 0 fully saturated rings. The SMILES string of the molecule is CC(C)c1ccc(-c2csc(Nc3ccc(O)cc3)n2)cc1. The van der Waals surface area contributed by atoms with Gasteiger partial charge in [0.1, 0.15) is 5.75 Å². The van der Waals surface area contributed by atoms with Gasteiger partial charge in [-0.1, -0.05) is 38.1 Å². The second-order valence-electron chi connectivity index (χ2n) is 5.49. The summed E-state index contributed by atoms with van der Waals surface area (Å²) in [4.78, 5) is 4.62. The first-order valence-electron chi connectivity index (χ1n) is 7.24. The predicted molar refractivity (Wildman–Crippen MR) is 93.0 cm³/mol. The third kappa shape index (κ3) is 3.28. The van der Waals surface area contributed by atoms with Gasteiger partial charge in [-0.2, -0.15) is 0 Å². The van der Waals surface area contributed by atoms with Crippen LogP contribution in [0.1, 0.15) is 25.3 Å². The molecule has 0 spiro atoms. The Morgan fingerprint density at radius 1 is 1.00 bits per heavy atom. The summed E-state index contributed by atoms with van der Waals surface area (Å²) < 4.78 is 0. The molecular weight excluding hydrogens is 292 g/mol. The van der Waals surface area contributed by atoms with Crippen LogP contribution in [0.3, 0.4) is 0 Å². The van der Waals surface area contributed by atoms with E-state index in [0.29, 0.717) is 5.92 Å². The zero-order valence-electron chi connectivity index (χ0n) is 12.6. The number of benzene rings is 2. The second-order valence-corrected chi connectivity index (χ2v) is 6.34. The zero-order valence-corrected chi connectivity index (χ0v) is 13.4. The Morgan fingerprint density at radius 2 is 1.68 bits per heavy atom. The Labute approximate surface area is 134 Å². The number of hydrogen-bond acceptors (Lipinski definition) is 4. The van der Waals surface area contributed by atoms with Gasteiger partial charge in [-0.05, 0) is 35.7 Å². The van der Waals surface area contributed by atoms with Gasteiger partial charge in [0.25, 0.3) is 0 Å². The molecule has 0 unspecified atom stereocenters. The van der Waals surface area contributed by atoms with Crippen molar-refractivity contribution < 1.29 is 5.11 Å². The van der Waals surface area contributed by atoms with Gasteiger partial charge >= 0.3 is 0 Å². The number of aromatic hydroxyl groups is 1. The molecule has 0 bridgehead atoms. The van der Waals surface area contributed by atoms with Gasteiger partial charge in [-0.3, -0.25) is 0 Å². The van der Waals surface area contributed by atoms with Crippen LogP contribution in [0.2, 0.25) is 0 Å². The monoisotopic (exact) mass is 310 g/mol. The summed E-state index contributed by atoms with van der Waals surface area (Å²) in [5.41, 5.74) is 4.34. The lowest BCUT2D eigenvalue weighted by atomic mass is 10.0. The average molecular weight is 310 g/mol. The molecule has 3 aromatic rings. The van der Waals surface area contributed by atoms with Crippen LogP contribution in [0.25, 0.3) is 11.3 Å². The van der Waals surface area contributed by atoms with Crippen LogP contribution in [0.4, 0.5) is 10.8 Å². The van der Waals surface area contributed by atoms with Crippen molar-refractivity contribution >= 4 is 22.2 Å². The van der Waals surface area contributed by atoms with Gasteiger partial charge in [0.15, 0.2) is 5.13 Å². The molecule has 2 aromatic carbocycles. The Kier molecular flexibility index (Phi) is 4.11. The highest BCUT2D eigenvalue weighted by Crippen LogP contribution is 2.28. The van der Waals surface area contributed by atoms with Crippen molar-refractivity contribution in [1.82, 2.24) is 4.98 Å². The molecular formula is C18H18N2OS. The van der Waals surface area contributed by atoms with E-state index >= 15 is 0 Å². The van der Waals surface area contributed by atoms with Gasteiger partial charge in [0.05, 0.1) is 5.69 Å². The minimum atomic E-state index is 0.260. The van der Waals surface area contributed by atoms with E-state index in [4.69, 9.17) is 0 Å². The standard InChI is InChI=1S/C18H18N2OS/c1-12(2)13-3-5-14(6-4-13)17-11-22-18(20-17)19-15-7-9-16(21)10-8-15/h3-12,21H,1-2H3,(H,19,20). The van der Waals surface area contributed by atoms with E-state index in [9.17, 15) is 5.11 Å². The van der Waals surface area contributed by atoms with Crippen molar-refractivity contribution in [2.75, 3.05) is 5.32 Å². The van der Waals surface area contributed by atoms with Crippen LogP contribution in [-0.4, -0.2) is 10.1 Å². The second kappa shape index (κ2) is 6.20. The molecule has 0 amide bonds. The molecule has 4 heteroatoms. The van der Waals surface area contributed by atoms with Crippen molar-refractivity contribution in [2.24, 2.45) is 0 Å². The summed E-state index contributed by atoms with van der Waals surface area (Å²) in [6.07, 6.45) is 0. The number of anilines is 2. The first-order valence-corrected chi connectivity index (χ1v) is 8.12. The molecule has 0 saturated carbocycles. The highest BCUT2D eigenvalue weighted by atomic mass is 32.1. The van der Waals surface area contributed by atoms with Crippen molar-refractivity contribution in [1.29, 1.82) is 0 Å². The molecule has 0 aliphatic carbocycles. The van der Waals surface area contributed by atoms with Crippen molar-refractivity contribution in [2.45, 2.75) is 19.8 Å². The van der Waals surface area contributed by atoms with Crippen molar-refractivity contribution in [3.8, 4) is 17.0 Å². The van der Waals surface area contributed by atoms with Gasteiger partial charge in [0, 0.05) is 16.6 Å². The molecule has 1 aromatic heterocycles. The molecule has 0 atom stereocenters. The van der Waals surface area contributed by atoms with E-state index in [0.717, 1.165) is 22.1 Å². The summed E-state index contributed by atoms with van der Waals surface area (Å²) in [7, 11) is 0. The molecule has 2 N–H and O–H groups in total. The Morgan fingerprint density at radius 3 is 2.32 bits per heavy atom. The van der Waals surface area contributed by atoms with Gasteiger partial charge < -0.3 is 10.4 Å². The number of thiazole rings is 1. The predicted octanol–water partition coefficient (Wildman–Crippen LogP) is 5.38. The number of rotatable bonds is 4. The summed E-state index contributed by atoms with van der Waals surface area (Å²) in [6, 6.07) is 15.5. The summed E-state index contributed by atoms with van der Waals surface area (Å²) in [5, 5.41) is 15.4. The number of aromatic nitrogens is 1. The molecule has 0 saturated heterocycles. The van der Waals surface area contributed by atoms with Gasteiger partial charge in [-0.25, -0.2) is 4.98 Å². The third-order valence-electron chi connectivity index (χ3n) is 3.50. The molecule has 112 valence electrons. The van der Waals surface area contributed by atoms with Gasteiger partial charge in [0.2, 0.25) is 0 Å². The molecule has 3 nitrogen and oxygen atoms in total. The van der Waals surface area contributed by atoms with Crippen LogP contribution in [0, 0.1) is 0 Å². The number of nitrogens with zero attached hydrogens (tertiary/aromatic N) is 1. The lowest BCUT2D eigenvalue weighted by Gasteiger charge is -2.05. The maximum atomic E-state index is 9.30. The molecule has 0 aliphatic heterocycles. The summed E-state index contributed by atoms with van der Waals surface area (Å²) in [5.74, 6) is 0.798. The lowest BCUT2D eigenvalue weighted by Crippen LogP contribution is -1.89. The molecule has 0 aliphatic rings. The highest BCUT2D eigenvalue weighted by molar-refractivity contribution is 7.14. The van der Waals surface area contributed by atoms with Crippen LogP contribution in [-0.2, 0) is 0 Å². The van der Waals surface area contributed by atoms with Crippen LogP contribution < -0.4 is 5.32 Å². The highest BCUT2D eigenvalue weighted by Gasteiger charge is 2.06. The quantitative estimate of drug-likeness (QED) is 0.636. The summed E-state index contributed by atoms with van der Waals surface area (Å²) in [6.45, 7) is 4.38. The average Bonchev–Trinajstić information content (AvgIpc) is 2.98. The number of hydrogen-bond donors (Lipinski definition) is 2. The number of phenols is 1. The Balaban J connectivity index is 1.77. The summed E-state index contributed by atoms with van der Waals surface area (Å²) >= 11 is 1.57. The van der Waals surface area contributed by atoms with E-state index in [-0.39, 0.29) is 5.75 Å². The fourth-order valence-electron chi connectivity index (χ4n) is 2.17. The van der Waals surface area contributed by atoms with Crippen molar-refractivity contribution in [3.63, 3.8) is 0 Å². The zero-order chi connectivity index (χ0) is 15.5. The molecule has 3 rings (SSSR count). The Hall–Kier alpha value is -2.33. The topological polar surface area (TPSA) is 45.1 Å². The van der Waals surface area contributed by atoms with E-state index in [2.05, 4.69) is 48.4 Å². The first-order chi connectivity index (χ1) is 10.6. The maximum Gasteiger partial charge on any atom is 0.187 e. The number of phenolic OH excluding ortho intramolecular Hbond substituents is 1. The fraction of sp³-hybridized carbons (Fsp3) is 0.167. The Bertz CT molecular complexity index is 746. The maximum absolute atomic E-state index is 9.30.